The molecule has 1 atom stereocenters. The topological polar surface area (TPSA) is 87.5 Å². The number of carbonyl (C=O) groups excluding carboxylic acids is 2. The fourth-order valence-corrected chi connectivity index (χ4v) is 4.65. The van der Waals surface area contributed by atoms with Crippen molar-refractivity contribution < 1.29 is 22.8 Å². The molecule has 0 bridgehead atoms. The molecular formula is C28H29F3N4O2. The van der Waals surface area contributed by atoms with E-state index >= 15 is 0 Å². The number of anilines is 1. The van der Waals surface area contributed by atoms with Crippen LogP contribution in [0.5, 0.6) is 0 Å². The predicted octanol–water partition coefficient (Wildman–Crippen LogP) is 5.49. The fraction of sp³-hybridized carbons (Fsp3) is 0.286. The molecule has 4 N–H and O–H groups in total. The van der Waals surface area contributed by atoms with Crippen molar-refractivity contribution in [2.75, 3.05) is 18.9 Å². The first-order chi connectivity index (χ1) is 17.7. The summed E-state index contributed by atoms with van der Waals surface area (Å²) in [5, 5.41) is 6.15. The zero-order valence-electron chi connectivity index (χ0n) is 20.4. The fourth-order valence-electron chi connectivity index (χ4n) is 4.65. The van der Waals surface area contributed by atoms with Crippen LogP contribution in [0, 0.1) is 0 Å². The summed E-state index contributed by atoms with van der Waals surface area (Å²) in [6.45, 7) is 0.796. The molecule has 4 rings (SSSR count). The molecule has 0 saturated carbocycles. The molecule has 0 saturated heterocycles. The first-order valence-corrected chi connectivity index (χ1v) is 12.1. The maximum Gasteiger partial charge on any atom is 0.416 e. The standard InChI is InChI=1S/C28H29F3N4O2/c1-33-22-15-20-17-35(27(37)34-25(11-12-26(32)36)19-5-3-2-4-6-19)14-13-23(20)24(16-22)18-7-9-21(10-8-18)28(29,30)31/h2-10,15-16,25,33H,11-14,17H2,1H3,(H2,32,36)(H,34,37)/t25-/m0/s1. The second kappa shape index (κ2) is 10.9. The van der Waals surface area contributed by atoms with Crippen molar-refractivity contribution in [3.63, 3.8) is 0 Å². The number of halogens is 3. The second-order valence-electron chi connectivity index (χ2n) is 9.08. The number of primary amides is 1. The predicted molar refractivity (Wildman–Crippen MR) is 137 cm³/mol. The molecule has 1 heterocycles. The van der Waals surface area contributed by atoms with Crippen LogP contribution in [-0.4, -0.2) is 30.4 Å². The summed E-state index contributed by atoms with van der Waals surface area (Å²) >= 11 is 0. The molecule has 0 aliphatic carbocycles. The molecule has 0 spiro atoms. The molecule has 3 aromatic carbocycles. The van der Waals surface area contributed by atoms with Gasteiger partial charge in [0.1, 0.15) is 0 Å². The van der Waals surface area contributed by atoms with Gasteiger partial charge in [-0.1, -0.05) is 42.5 Å². The van der Waals surface area contributed by atoms with E-state index in [2.05, 4.69) is 10.6 Å². The van der Waals surface area contributed by atoms with Crippen LogP contribution in [0.15, 0.2) is 66.7 Å². The van der Waals surface area contributed by atoms with Crippen LogP contribution in [0.3, 0.4) is 0 Å². The van der Waals surface area contributed by atoms with Crippen molar-refractivity contribution in [1.29, 1.82) is 0 Å². The van der Waals surface area contributed by atoms with E-state index in [0.29, 0.717) is 31.5 Å². The molecule has 3 aromatic rings. The van der Waals surface area contributed by atoms with E-state index in [4.69, 9.17) is 5.73 Å². The lowest BCUT2D eigenvalue weighted by atomic mass is 9.89. The lowest BCUT2D eigenvalue weighted by Crippen LogP contribution is -2.44. The highest BCUT2D eigenvalue weighted by Gasteiger charge is 2.30. The molecular weight excluding hydrogens is 481 g/mol. The summed E-state index contributed by atoms with van der Waals surface area (Å²) in [6.07, 6.45) is -3.31. The van der Waals surface area contributed by atoms with E-state index in [1.165, 1.54) is 12.1 Å². The number of amides is 3. The van der Waals surface area contributed by atoms with Crippen molar-refractivity contribution in [3.8, 4) is 11.1 Å². The minimum Gasteiger partial charge on any atom is -0.388 e. The van der Waals surface area contributed by atoms with Gasteiger partial charge in [-0.05, 0) is 64.9 Å². The Labute approximate surface area is 213 Å². The van der Waals surface area contributed by atoms with Gasteiger partial charge in [0, 0.05) is 32.2 Å². The van der Waals surface area contributed by atoms with Gasteiger partial charge in [-0.15, -0.1) is 0 Å². The van der Waals surface area contributed by atoms with E-state index in [1.807, 2.05) is 42.5 Å². The van der Waals surface area contributed by atoms with Crippen LogP contribution < -0.4 is 16.4 Å². The number of nitrogens with one attached hydrogen (secondary N) is 2. The highest BCUT2D eigenvalue weighted by Crippen LogP contribution is 2.36. The van der Waals surface area contributed by atoms with Crippen LogP contribution in [-0.2, 0) is 23.9 Å². The monoisotopic (exact) mass is 510 g/mol. The molecule has 37 heavy (non-hydrogen) atoms. The molecule has 0 radical (unpaired) electrons. The van der Waals surface area contributed by atoms with E-state index < -0.39 is 17.6 Å². The van der Waals surface area contributed by atoms with Crippen molar-refractivity contribution in [1.82, 2.24) is 10.2 Å². The van der Waals surface area contributed by atoms with Gasteiger partial charge in [-0.25, -0.2) is 4.79 Å². The Morgan fingerprint density at radius 1 is 1.05 bits per heavy atom. The van der Waals surface area contributed by atoms with Gasteiger partial charge in [-0.2, -0.15) is 13.2 Å². The largest absolute Gasteiger partial charge is 0.416 e. The van der Waals surface area contributed by atoms with Crippen LogP contribution in [0.25, 0.3) is 11.1 Å². The van der Waals surface area contributed by atoms with Crippen LogP contribution in [0.1, 0.15) is 41.1 Å². The molecule has 6 nitrogen and oxygen atoms in total. The Kier molecular flexibility index (Phi) is 7.71. The molecule has 1 aliphatic rings. The Morgan fingerprint density at radius 3 is 2.38 bits per heavy atom. The van der Waals surface area contributed by atoms with Crippen LogP contribution in [0.2, 0.25) is 0 Å². The zero-order valence-corrected chi connectivity index (χ0v) is 20.4. The average molecular weight is 511 g/mol. The van der Waals surface area contributed by atoms with E-state index in [0.717, 1.165) is 40.1 Å². The van der Waals surface area contributed by atoms with Gasteiger partial charge in [0.2, 0.25) is 5.91 Å². The van der Waals surface area contributed by atoms with Gasteiger partial charge in [-0.3, -0.25) is 4.79 Å². The average Bonchev–Trinajstić information content (AvgIpc) is 2.89. The van der Waals surface area contributed by atoms with Crippen molar-refractivity contribution >= 4 is 17.6 Å². The first-order valence-electron chi connectivity index (χ1n) is 12.1. The summed E-state index contributed by atoms with van der Waals surface area (Å²) in [5.41, 5.74) is 9.81. The Balaban J connectivity index is 1.56. The Morgan fingerprint density at radius 2 is 1.76 bits per heavy atom. The molecule has 194 valence electrons. The van der Waals surface area contributed by atoms with Gasteiger partial charge in [0.15, 0.2) is 0 Å². The molecule has 0 fully saturated rings. The Bertz CT molecular complexity index is 1260. The summed E-state index contributed by atoms with van der Waals surface area (Å²) in [7, 11) is 1.77. The summed E-state index contributed by atoms with van der Waals surface area (Å²) < 4.78 is 39.1. The lowest BCUT2D eigenvalue weighted by Gasteiger charge is -2.32. The third-order valence-corrected chi connectivity index (χ3v) is 6.61. The normalized spacial score (nSPS) is 14.0. The van der Waals surface area contributed by atoms with Gasteiger partial charge < -0.3 is 21.3 Å². The number of alkyl halides is 3. The lowest BCUT2D eigenvalue weighted by molar-refractivity contribution is -0.137. The summed E-state index contributed by atoms with van der Waals surface area (Å²) in [5.74, 6) is -0.433. The molecule has 9 heteroatoms. The number of fused-ring (bicyclic) bond motifs is 1. The number of benzene rings is 3. The number of hydrogen-bond donors (Lipinski definition) is 3. The van der Waals surface area contributed by atoms with Gasteiger partial charge in [0.05, 0.1) is 11.6 Å². The summed E-state index contributed by atoms with van der Waals surface area (Å²) in [6, 6.07) is 17.8. The quantitative estimate of drug-likeness (QED) is 0.393. The number of nitrogens with zero attached hydrogens (tertiary/aromatic N) is 1. The minimum atomic E-state index is -4.40. The van der Waals surface area contributed by atoms with E-state index in [9.17, 15) is 22.8 Å². The maximum atomic E-state index is 13.3. The zero-order chi connectivity index (χ0) is 26.6. The van der Waals surface area contributed by atoms with Crippen molar-refractivity contribution in [3.05, 3.63) is 89.0 Å². The Hall–Kier alpha value is -4.01. The van der Waals surface area contributed by atoms with Gasteiger partial charge in [0.25, 0.3) is 0 Å². The smallest absolute Gasteiger partial charge is 0.388 e. The minimum absolute atomic E-state index is 0.144. The van der Waals surface area contributed by atoms with Crippen LogP contribution in [0.4, 0.5) is 23.7 Å². The number of nitrogens with two attached hydrogens (primary N) is 1. The maximum absolute atomic E-state index is 13.3. The molecule has 1 aliphatic heterocycles. The molecule has 3 amide bonds. The highest BCUT2D eigenvalue weighted by atomic mass is 19.4. The van der Waals surface area contributed by atoms with E-state index in [1.54, 1.807) is 11.9 Å². The number of rotatable bonds is 7. The number of carbonyl (C=O) groups is 2. The molecule has 0 aromatic heterocycles. The van der Waals surface area contributed by atoms with Gasteiger partial charge >= 0.3 is 12.2 Å². The highest BCUT2D eigenvalue weighted by molar-refractivity contribution is 5.78. The third-order valence-electron chi connectivity index (χ3n) is 6.61. The molecule has 0 unspecified atom stereocenters. The number of urea groups is 1. The first kappa shape index (κ1) is 26.1. The number of hydrogen-bond acceptors (Lipinski definition) is 3. The van der Waals surface area contributed by atoms with Crippen molar-refractivity contribution in [2.45, 2.75) is 38.0 Å². The van der Waals surface area contributed by atoms with Crippen molar-refractivity contribution in [2.24, 2.45) is 5.73 Å². The third kappa shape index (κ3) is 6.22. The van der Waals surface area contributed by atoms with E-state index in [-0.39, 0.29) is 18.5 Å². The summed E-state index contributed by atoms with van der Waals surface area (Å²) in [4.78, 5) is 26.3. The second-order valence-corrected chi connectivity index (χ2v) is 9.08. The van der Waals surface area contributed by atoms with Crippen LogP contribution >= 0.6 is 0 Å². The SMILES string of the molecule is CNc1cc2c(c(-c3ccc(C(F)(F)F)cc3)c1)CCN(C(=O)N[C@@H](CCC(N)=O)c1ccccc1)C2.